The maximum atomic E-state index is 12.8. The molecule has 244 valence electrons. The van der Waals surface area contributed by atoms with Crippen LogP contribution in [0.25, 0.3) is 0 Å². The quantitative estimate of drug-likeness (QED) is 0.257. The summed E-state index contributed by atoms with van der Waals surface area (Å²) in [7, 11) is 0. The van der Waals surface area contributed by atoms with E-state index in [4.69, 9.17) is 4.74 Å². The zero-order chi connectivity index (χ0) is 30.9. The third kappa shape index (κ3) is 3.39. The molecule has 7 fully saturated rings. The van der Waals surface area contributed by atoms with Crippen LogP contribution in [0.2, 0.25) is 0 Å². The number of ether oxygens (including phenoxy) is 1. The lowest BCUT2D eigenvalue weighted by molar-refractivity contribution is -0.357. The molecule has 0 aromatic heterocycles. The first-order valence-corrected chi connectivity index (χ1v) is 18.4. The van der Waals surface area contributed by atoms with Gasteiger partial charge < -0.3 is 20.1 Å². The van der Waals surface area contributed by atoms with Gasteiger partial charge in [0.2, 0.25) is 0 Å². The number of fused-ring (bicyclic) bond motifs is 5. The Hall–Kier alpha value is -0.650. The van der Waals surface area contributed by atoms with Gasteiger partial charge in [0.1, 0.15) is 0 Å². The number of rotatable bonds is 7. The Morgan fingerprint density at radius 1 is 0.860 bits per heavy atom. The molecule has 0 amide bonds. The van der Waals surface area contributed by atoms with Gasteiger partial charge in [-0.15, -0.1) is 0 Å². The molecule has 1 heterocycles. The van der Waals surface area contributed by atoms with Crippen molar-refractivity contribution >= 4 is 5.97 Å². The van der Waals surface area contributed by atoms with Gasteiger partial charge in [-0.25, -0.2) is 0 Å². The molecule has 6 saturated carbocycles. The van der Waals surface area contributed by atoms with E-state index in [1.54, 1.807) is 0 Å². The first kappa shape index (κ1) is 31.0. The molecule has 1 spiro atoms. The van der Waals surface area contributed by atoms with Crippen LogP contribution >= 0.6 is 0 Å². The maximum absolute atomic E-state index is 12.8. The fourth-order valence-electron chi connectivity index (χ4n) is 15.4. The third-order valence-corrected chi connectivity index (χ3v) is 17.9. The summed E-state index contributed by atoms with van der Waals surface area (Å²) in [6, 6.07) is 0. The molecule has 3 N–H and O–H groups in total. The Morgan fingerprint density at radius 2 is 1.58 bits per heavy atom. The molecule has 13 atom stereocenters. The summed E-state index contributed by atoms with van der Waals surface area (Å²) in [5, 5.41) is 34.1. The Labute approximate surface area is 261 Å². The van der Waals surface area contributed by atoms with Crippen LogP contribution < -0.4 is 0 Å². The van der Waals surface area contributed by atoms with Crippen LogP contribution in [0.4, 0.5) is 0 Å². The maximum Gasteiger partial charge on any atom is 0.309 e. The second kappa shape index (κ2) is 9.46. The minimum Gasteiger partial charge on any atom is -0.481 e. The molecule has 0 aromatic rings. The van der Waals surface area contributed by atoms with Gasteiger partial charge in [-0.1, -0.05) is 60.3 Å². The number of unbranched alkanes of at least 4 members (excludes halogenated alkanes) is 3. The van der Waals surface area contributed by atoms with Crippen LogP contribution in [0, 0.1) is 67.5 Å². The highest BCUT2D eigenvalue weighted by Crippen LogP contribution is 2.86. The Balaban J connectivity index is 1.39. The van der Waals surface area contributed by atoms with E-state index in [9.17, 15) is 20.1 Å². The van der Waals surface area contributed by atoms with Crippen molar-refractivity contribution < 1.29 is 24.9 Å². The van der Waals surface area contributed by atoms with Crippen molar-refractivity contribution in [3.63, 3.8) is 0 Å². The average Bonchev–Trinajstić information content (AvgIpc) is 3.13. The number of hydrogen-bond acceptors (Lipinski definition) is 4. The van der Waals surface area contributed by atoms with Crippen LogP contribution in [0.5, 0.6) is 0 Å². The van der Waals surface area contributed by atoms with Crippen LogP contribution in [0.1, 0.15) is 144 Å². The molecule has 0 radical (unpaired) electrons. The standard InChI is InChI=1S/C38H62O5/c1-7-8-9-10-14-35-20-26-11-12-27-21-38(42)25(2)36(24-43-38)15-13-28(34(26,6)37(27,36)23-39)33(35,5)19-18-31(3)16-17-32(4,30(40)41)22-29(31)35/h25-29,39,42H,7-24H2,1-6H3,(H,40,41)/t25-,26+,27-,28-,29-,31-,32-,33-,34-,35+,36+,37+,38+/m1/s1. The molecule has 2 bridgehead atoms. The van der Waals surface area contributed by atoms with Crippen LogP contribution in [-0.4, -0.2) is 40.3 Å². The van der Waals surface area contributed by atoms with Crippen LogP contribution in [0.3, 0.4) is 0 Å². The molecule has 0 unspecified atom stereocenters. The van der Waals surface area contributed by atoms with Crippen molar-refractivity contribution in [1.29, 1.82) is 0 Å². The number of carbonyl (C=O) groups is 1. The molecule has 0 aromatic carbocycles. The monoisotopic (exact) mass is 598 g/mol. The third-order valence-electron chi connectivity index (χ3n) is 17.9. The molecule has 5 heteroatoms. The molecule has 43 heavy (non-hydrogen) atoms. The van der Waals surface area contributed by atoms with Gasteiger partial charge >= 0.3 is 5.97 Å². The Bertz CT molecular complexity index is 1160. The lowest BCUT2D eigenvalue weighted by atomic mass is 9.22. The summed E-state index contributed by atoms with van der Waals surface area (Å²) < 4.78 is 6.38. The number of carboxylic acids is 1. The zero-order valence-electron chi connectivity index (χ0n) is 28.3. The van der Waals surface area contributed by atoms with Crippen LogP contribution in [-0.2, 0) is 9.53 Å². The van der Waals surface area contributed by atoms with Gasteiger partial charge in [0.15, 0.2) is 5.79 Å². The largest absolute Gasteiger partial charge is 0.481 e. The summed E-state index contributed by atoms with van der Waals surface area (Å²) >= 11 is 0. The van der Waals surface area contributed by atoms with E-state index in [-0.39, 0.29) is 45.0 Å². The number of aliphatic hydroxyl groups excluding tert-OH is 1. The topological polar surface area (TPSA) is 87.0 Å². The molecule has 7 aliphatic rings. The highest BCUT2D eigenvalue weighted by Gasteiger charge is 2.84. The summed E-state index contributed by atoms with van der Waals surface area (Å²) in [4.78, 5) is 12.8. The molecule has 7 rings (SSSR count). The number of carboxylic acid groups (broad SMARTS) is 1. The van der Waals surface area contributed by atoms with E-state index in [0.29, 0.717) is 36.7 Å². The molecule has 1 saturated heterocycles. The van der Waals surface area contributed by atoms with Gasteiger partial charge in [0.25, 0.3) is 0 Å². The zero-order valence-corrected chi connectivity index (χ0v) is 28.3. The number of hydrogen-bond donors (Lipinski definition) is 3. The van der Waals surface area contributed by atoms with Gasteiger partial charge in [0.05, 0.1) is 18.6 Å². The lowest BCUT2D eigenvalue weighted by Crippen LogP contribution is -2.78. The van der Waals surface area contributed by atoms with Gasteiger partial charge in [-0.3, -0.25) is 4.79 Å². The summed E-state index contributed by atoms with van der Waals surface area (Å²) in [6.07, 6.45) is 17.7. The molecular formula is C38H62O5. The average molecular weight is 599 g/mol. The highest BCUT2D eigenvalue weighted by atomic mass is 16.6. The van der Waals surface area contributed by atoms with Crippen molar-refractivity contribution in [3.05, 3.63) is 0 Å². The summed E-state index contributed by atoms with van der Waals surface area (Å²) in [5.74, 6) is 0.166. The fraction of sp³-hybridized carbons (Fsp3) is 0.974. The first-order valence-electron chi connectivity index (χ1n) is 18.4. The van der Waals surface area contributed by atoms with E-state index in [1.165, 1.54) is 57.8 Å². The number of aliphatic hydroxyl groups is 2. The van der Waals surface area contributed by atoms with Crippen molar-refractivity contribution in [2.45, 2.75) is 150 Å². The van der Waals surface area contributed by atoms with Crippen molar-refractivity contribution in [1.82, 2.24) is 0 Å². The van der Waals surface area contributed by atoms with Crippen molar-refractivity contribution in [2.24, 2.45) is 67.5 Å². The first-order chi connectivity index (χ1) is 20.2. The molecular weight excluding hydrogens is 536 g/mol. The van der Waals surface area contributed by atoms with E-state index < -0.39 is 17.2 Å². The lowest BCUT2D eigenvalue weighted by Gasteiger charge is -2.82. The van der Waals surface area contributed by atoms with E-state index in [0.717, 1.165) is 38.5 Å². The Morgan fingerprint density at radius 3 is 2.28 bits per heavy atom. The highest BCUT2D eigenvalue weighted by molar-refractivity contribution is 5.74. The van der Waals surface area contributed by atoms with Gasteiger partial charge in [-0.05, 0) is 123 Å². The molecule has 6 aliphatic carbocycles. The minimum atomic E-state index is -1.04. The van der Waals surface area contributed by atoms with Gasteiger partial charge in [-0.2, -0.15) is 0 Å². The predicted octanol–water partition coefficient (Wildman–Crippen LogP) is 8.21. The SMILES string of the molecule is CCCCCC[C@@]12C[C@@H]3CC[C@@H]4C[C@]5(O)OC[C@@]6(CC[C@@H]([C@]3(C)[C@]46CO)[C@@]1(C)CC[C@@]1(C)CC[C@@](C)(C(=O)O)C[C@H]12)[C@H]5C. The summed E-state index contributed by atoms with van der Waals surface area (Å²) in [5.41, 5.74) is -0.569. The number of aliphatic carboxylic acids is 1. The molecule has 5 nitrogen and oxygen atoms in total. The predicted molar refractivity (Wildman–Crippen MR) is 168 cm³/mol. The Kier molecular flexibility index (Phi) is 6.82. The van der Waals surface area contributed by atoms with E-state index >= 15 is 0 Å². The van der Waals surface area contributed by atoms with Gasteiger partial charge in [0, 0.05) is 23.2 Å². The fourth-order valence-corrected chi connectivity index (χ4v) is 15.4. The minimum absolute atomic E-state index is 0.00755. The second-order valence-corrected chi connectivity index (χ2v) is 18.6. The second-order valence-electron chi connectivity index (χ2n) is 18.6. The molecule has 1 aliphatic heterocycles. The normalized spacial score (nSPS) is 58.3. The van der Waals surface area contributed by atoms with E-state index in [2.05, 4.69) is 41.5 Å². The van der Waals surface area contributed by atoms with Crippen molar-refractivity contribution in [3.8, 4) is 0 Å². The smallest absolute Gasteiger partial charge is 0.309 e. The van der Waals surface area contributed by atoms with E-state index in [1.807, 2.05) is 0 Å². The summed E-state index contributed by atoms with van der Waals surface area (Å²) in [6.45, 7) is 15.2. The van der Waals surface area contributed by atoms with Crippen LogP contribution in [0.15, 0.2) is 0 Å². The van der Waals surface area contributed by atoms with Crippen molar-refractivity contribution in [2.75, 3.05) is 13.2 Å².